The van der Waals surface area contributed by atoms with Crippen LogP contribution < -0.4 is 4.90 Å². The van der Waals surface area contributed by atoms with Gasteiger partial charge in [-0.3, -0.25) is 4.79 Å². The number of carbonyl (C=O) groups is 1. The van der Waals surface area contributed by atoms with Crippen molar-refractivity contribution in [2.24, 2.45) is 0 Å². The number of nitrogens with zero attached hydrogens (tertiary/aromatic N) is 2. The summed E-state index contributed by atoms with van der Waals surface area (Å²) in [4.78, 5) is 15.4. The summed E-state index contributed by atoms with van der Waals surface area (Å²) < 4.78 is 28.2. The summed E-state index contributed by atoms with van der Waals surface area (Å²) >= 11 is 0. The number of amides is 1. The van der Waals surface area contributed by atoms with Gasteiger partial charge in [-0.2, -0.15) is 4.31 Å². The summed E-state index contributed by atoms with van der Waals surface area (Å²) in [6.07, 6.45) is 4.72. The third-order valence-corrected chi connectivity index (χ3v) is 8.08. The molecule has 2 heterocycles. The van der Waals surface area contributed by atoms with E-state index in [1.807, 2.05) is 31.2 Å². The predicted molar refractivity (Wildman–Crippen MR) is 115 cm³/mol. The van der Waals surface area contributed by atoms with Crippen molar-refractivity contribution in [3.05, 3.63) is 59.2 Å². The molecule has 0 aromatic heterocycles. The van der Waals surface area contributed by atoms with Crippen molar-refractivity contribution in [2.45, 2.75) is 56.9 Å². The molecule has 29 heavy (non-hydrogen) atoms. The molecule has 0 spiro atoms. The molecule has 1 atom stereocenters. The van der Waals surface area contributed by atoms with Gasteiger partial charge in [0.15, 0.2) is 0 Å². The summed E-state index contributed by atoms with van der Waals surface area (Å²) in [5.74, 6) is -0.144. The second kappa shape index (κ2) is 7.92. The van der Waals surface area contributed by atoms with Crippen LogP contribution in [0.2, 0.25) is 0 Å². The number of hydrogen-bond donors (Lipinski definition) is 0. The number of hydrogen-bond acceptors (Lipinski definition) is 3. The number of benzene rings is 2. The number of carbonyl (C=O) groups excluding carboxylic acids is 1. The van der Waals surface area contributed by atoms with Crippen LogP contribution in [0.5, 0.6) is 0 Å². The third kappa shape index (κ3) is 3.71. The standard InChI is InChI=1S/C23H28N2O3S/c1-17-11-12-20(16-22(17)29(27,28)24-13-7-3-4-8-14-24)23(26)25-18(2)15-19-9-5-6-10-21(19)25/h5-6,9-12,16,18H,3-4,7-8,13-15H2,1-2H3/t18-/m1/s1. The molecule has 4 rings (SSSR count). The maximum atomic E-state index is 13.4. The molecule has 2 aromatic rings. The fraction of sp³-hybridized carbons (Fsp3) is 0.435. The van der Waals surface area contributed by atoms with Crippen molar-refractivity contribution in [2.75, 3.05) is 18.0 Å². The largest absolute Gasteiger partial charge is 0.305 e. The van der Waals surface area contributed by atoms with Crippen LogP contribution in [0.3, 0.4) is 0 Å². The molecule has 0 radical (unpaired) electrons. The van der Waals surface area contributed by atoms with Crippen molar-refractivity contribution in [3.63, 3.8) is 0 Å². The van der Waals surface area contributed by atoms with Gasteiger partial charge >= 0.3 is 0 Å². The van der Waals surface area contributed by atoms with E-state index in [0.29, 0.717) is 24.2 Å². The number of aryl methyl sites for hydroxylation is 1. The quantitative estimate of drug-likeness (QED) is 0.761. The molecule has 0 saturated carbocycles. The molecular formula is C23H28N2O3S. The topological polar surface area (TPSA) is 57.7 Å². The van der Waals surface area contributed by atoms with Crippen LogP contribution in [0, 0.1) is 6.92 Å². The first-order chi connectivity index (χ1) is 13.9. The van der Waals surface area contributed by atoms with Crippen LogP contribution >= 0.6 is 0 Å². The zero-order valence-corrected chi connectivity index (χ0v) is 17.9. The average molecular weight is 413 g/mol. The van der Waals surface area contributed by atoms with Crippen LogP contribution in [0.25, 0.3) is 0 Å². The van der Waals surface area contributed by atoms with Crippen molar-refractivity contribution in [1.82, 2.24) is 4.31 Å². The Morgan fingerprint density at radius 1 is 1.00 bits per heavy atom. The molecule has 1 amide bonds. The molecule has 2 aliphatic heterocycles. The van der Waals surface area contributed by atoms with E-state index in [1.54, 1.807) is 34.3 Å². The normalized spacial score (nSPS) is 20.3. The molecule has 0 bridgehead atoms. The van der Waals surface area contributed by atoms with E-state index in [2.05, 4.69) is 0 Å². The lowest BCUT2D eigenvalue weighted by Crippen LogP contribution is -2.36. The molecule has 5 nitrogen and oxygen atoms in total. The molecule has 2 aromatic carbocycles. The van der Waals surface area contributed by atoms with Gasteiger partial charge in [-0.25, -0.2) is 8.42 Å². The second-order valence-electron chi connectivity index (χ2n) is 8.16. The monoisotopic (exact) mass is 412 g/mol. The fourth-order valence-electron chi connectivity index (χ4n) is 4.45. The number of sulfonamides is 1. The molecule has 1 saturated heterocycles. The highest BCUT2D eigenvalue weighted by Gasteiger charge is 2.33. The highest BCUT2D eigenvalue weighted by molar-refractivity contribution is 7.89. The van der Waals surface area contributed by atoms with E-state index in [-0.39, 0.29) is 16.8 Å². The zero-order chi connectivity index (χ0) is 20.6. The highest BCUT2D eigenvalue weighted by Crippen LogP contribution is 2.34. The molecule has 6 heteroatoms. The molecule has 2 aliphatic rings. The zero-order valence-electron chi connectivity index (χ0n) is 17.1. The van der Waals surface area contributed by atoms with Crippen molar-refractivity contribution in [1.29, 1.82) is 0 Å². The lowest BCUT2D eigenvalue weighted by Gasteiger charge is -2.24. The van der Waals surface area contributed by atoms with E-state index in [0.717, 1.165) is 43.4 Å². The van der Waals surface area contributed by atoms with Gasteiger partial charge in [-0.15, -0.1) is 0 Å². The molecule has 1 fully saturated rings. The van der Waals surface area contributed by atoms with Crippen molar-refractivity contribution < 1.29 is 13.2 Å². The van der Waals surface area contributed by atoms with Crippen LogP contribution in [-0.2, 0) is 16.4 Å². The van der Waals surface area contributed by atoms with Crippen LogP contribution in [0.4, 0.5) is 5.69 Å². The van der Waals surface area contributed by atoms with Crippen LogP contribution in [-0.4, -0.2) is 37.8 Å². The van der Waals surface area contributed by atoms with Gasteiger partial charge in [0.1, 0.15) is 0 Å². The summed E-state index contributed by atoms with van der Waals surface area (Å²) in [7, 11) is -3.61. The Morgan fingerprint density at radius 2 is 1.69 bits per heavy atom. The van der Waals surface area contributed by atoms with Crippen molar-refractivity contribution >= 4 is 21.6 Å². The predicted octanol–water partition coefficient (Wildman–Crippen LogP) is 4.15. The number of rotatable bonds is 3. The van der Waals surface area contributed by atoms with Gasteiger partial charge in [0.05, 0.1) is 4.90 Å². The number of fused-ring (bicyclic) bond motifs is 1. The molecule has 154 valence electrons. The summed E-state index contributed by atoms with van der Waals surface area (Å²) in [5, 5.41) is 0. The minimum absolute atomic E-state index is 0.0480. The molecule has 0 aliphatic carbocycles. The first-order valence-corrected chi connectivity index (χ1v) is 11.9. The van der Waals surface area contributed by atoms with Gasteiger partial charge in [0.25, 0.3) is 5.91 Å². The lowest BCUT2D eigenvalue weighted by molar-refractivity contribution is 0.0981. The molecule has 0 unspecified atom stereocenters. The number of anilines is 1. The minimum Gasteiger partial charge on any atom is -0.305 e. The van der Waals surface area contributed by atoms with E-state index >= 15 is 0 Å². The Hall–Kier alpha value is -2.18. The van der Waals surface area contributed by atoms with E-state index < -0.39 is 10.0 Å². The Labute approximate surface area is 173 Å². The SMILES string of the molecule is Cc1ccc(C(=O)N2c3ccccc3C[C@H]2C)cc1S(=O)(=O)N1CCCCCC1. The average Bonchev–Trinajstić information content (AvgIpc) is 2.86. The summed E-state index contributed by atoms with van der Waals surface area (Å²) in [6, 6.07) is 13.0. The van der Waals surface area contributed by atoms with Gasteiger partial charge < -0.3 is 4.90 Å². The summed E-state index contributed by atoms with van der Waals surface area (Å²) in [6.45, 7) is 4.93. The first-order valence-electron chi connectivity index (χ1n) is 10.4. The maximum absolute atomic E-state index is 13.4. The second-order valence-corrected chi connectivity index (χ2v) is 10.1. The van der Waals surface area contributed by atoms with Gasteiger partial charge in [0, 0.05) is 30.4 Å². The van der Waals surface area contributed by atoms with E-state index in [9.17, 15) is 13.2 Å². The Balaban J connectivity index is 1.69. The van der Waals surface area contributed by atoms with E-state index in [1.165, 1.54) is 0 Å². The number of para-hydroxylation sites is 1. The highest BCUT2D eigenvalue weighted by atomic mass is 32.2. The maximum Gasteiger partial charge on any atom is 0.258 e. The third-order valence-electron chi connectivity index (χ3n) is 6.04. The summed E-state index contributed by atoms with van der Waals surface area (Å²) in [5.41, 5.74) is 3.17. The minimum atomic E-state index is -3.61. The van der Waals surface area contributed by atoms with E-state index in [4.69, 9.17) is 0 Å². The smallest absolute Gasteiger partial charge is 0.258 e. The van der Waals surface area contributed by atoms with Crippen LogP contribution in [0.15, 0.2) is 47.4 Å². The lowest BCUT2D eigenvalue weighted by atomic mass is 10.1. The van der Waals surface area contributed by atoms with Gasteiger partial charge in [-0.1, -0.05) is 37.1 Å². The Bertz CT molecular complexity index is 1020. The van der Waals surface area contributed by atoms with Gasteiger partial charge in [0.2, 0.25) is 10.0 Å². The van der Waals surface area contributed by atoms with Gasteiger partial charge in [-0.05, 0) is 62.4 Å². The Kier molecular flexibility index (Phi) is 5.49. The molecular weight excluding hydrogens is 384 g/mol. The van der Waals surface area contributed by atoms with Crippen LogP contribution in [0.1, 0.15) is 54.1 Å². The fourth-order valence-corrected chi connectivity index (χ4v) is 6.21. The first kappa shape index (κ1) is 20.1. The van der Waals surface area contributed by atoms with Crippen molar-refractivity contribution in [3.8, 4) is 0 Å². The molecule has 0 N–H and O–H groups in total. The Morgan fingerprint density at radius 3 is 2.41 bits per heavy atom.